The molecule has 0 amide bonds. The zero-order valence-corrected chi connectivity index (χ0v) is 20.1. The lowest BCUT2D eigenvalue weighted by atomic mass is 10.1. The number of benzene rings is 3. The molecule has 3 rings (SSSR count). The third-order valence-electron chi connectivity index (χ3n) is 5.24. The Hall–Kier alpha value is -4.36. The van der Waals surface area contributed by atoms with E-state index in [2.05, 4.69) is 18.1 Å². The Balaban J connectivity index is 1.78. The van der Waals surface area contributed by atoms with Crippen LogP contribution in [0.3, 0.4) is 0 Å². The zero-order valence-electron chi connectivity index (χ0n) is 20.1. The highest BCUT2D eigenvalue weighted by molar-refractivity contribution is 5.81. The Morgan fingerprint density at radius 1 is 0.806 bits per heavy atom. The van der Waals surface area contributed by atoms with Crippen LogP contribution < -0.4 is 9.64 Å². The predicted molar refractivity (Wildman–Crippen MR) is 139 cm³/mol. The van der Waals surface area contributed by atoms with Gasteiger partial charge in [0.2, 0.25) is 0 Å². The van der Waals surface area contributed by atoms with Crippen molar-refractivity contribution in [2.45, 2.75) is 13.0 Å². The molecule has 0 spiro atoms. The lowest BCUT2D eigenvalue weighted by molar-refractivity contribution is -0.141. The van der Waals surface area contributed by atoms with E-state index < -0.39 is 18.0 Å². The average Bonchev–Trinajstić information content (AvgIpc) is 2.91. The number of hydrogen-bond acceptors (Lipinski definition) is 7. The fraction of sp³-hybridized carbons (Fsp3) is 0.172. The summed E-state index contributed by atoms with van der Waals surface area (Å²) in [6.07, 6.45) is 1.22. The predicted octanol–water partition coefficient (Wildman–Crippen LogP) is 5.34. The first kappa shape index (κ1) is 26.2. The van der Waals surface area contributed by atoms with Gasteiger partial charge in [-0.3, -0.25) is 0 Å². The average molecular weight is 488 g/mol. The molecule has 3 aromatic carbocycles. The maximum absolute atomic E-state index is 11.3. The summed E-state index contributed by atoms with van der Waals surface area (Å²) in [7, 11) is 0. The summed E-state index contributed by atoms with van der Waals surface area (Å²) in [4.78, 5) is 24.5. The van der Waals surface area contributed by atoms with Crippen LogP contribution in [0.25, 0.3) is 0 Å². The van der Waals surface area contributed by atoms with Crippen molar-refractivity contribution in [3.05, 3.63) is 109 Å². The highest BCUT2D eigenvalue weighted by atomic mass is 16.6. The second-order valence-electron chi connectivity index (χ2n) is 7.83. The van der Waals surface area contributed by atoms with E-state index in [1.54, 1.807) is 12.1 Å². The van der Waals surface area contributed by atoms with Gasteiger partial charge in [0.25, 0.3) is 0 Å². The molecule has 0 fully saturated rings. The lowest BCUT2D eigenvalue weighted by Crippen LogP contribution is -2.12. The molecule has 0 aliphatic carbocycles. The van der Waals surface area contributed by atoms with Crippen LogP contribution in [0, 0.1) is 6.92 Å². The molecular formula is C29H29NO6. The number of aliphatic hydroxyl groups is 1. The van der Waals surface area contributed by atoms with E-state index >= 15 is 0 Å². The molecule has 0 aromatic heterocycles. The van der Waals surface area contributed by atoms with Crippen molar-refractivity contribution in [1.29, 1.82) is 0 Å². The number of rotatable bonds is 12. The van der Waals surface area contributed by atoms with Gasteiger partial charge in [0.1, 0.15) is 31.7 Å². The highest BCUT2D eigenvalue weighted by Gasteiger charge is 2.15. The Morgan fingerprint density at radius 2 is 1.31 bits per heavy atom. The summed E-state index contributed by atoms with van der Waals surface area (Å²) in [5, 5.41) is 10.4. The number of carbonyl (C=O) groups is 2. The van der Waals surface area contributed by atoms with Crippen LogP contribution in [0.15, 0.2) is 98.1 Å². The van der Waals surface area contributed by atoms with Gasteiger partial charge in [-0.1, -0.05) is 43.0 Å². The first-order chi connectivity index (χ1) is 17.4. The molecule has 0 saturated carbocycles. The van der Waals surface area contributed by atoms with Gasteiger partial charge in [0.05, 0.1) is 0 Å². The first-order valence-electron chi connectivity index (χ1n) is 11.4. The fourth-order valence-corrected chi connectivity index (χ4v) is 3.35. The molecule has 0 heterocycles. The third kappa shape index (κ3) is 7.32. The van der Waals surface area contributed by atoms with E-state index in [1.807, 2.05) is 67.6 Å². The van der Waals surface area contributed by atoms with E-state index in [1.165, 1.54) is 0 Å². The normalized spacial score (nSPS) is 11.2. The summed E-state index contributed by atoms with van der Waals surface area (Å²) in [5.74, 6) is -0.426. The minimum atomic E-state index is -0.946. The minimum Gasteiger partial charge on any atom is -0.490 e. The second-order valence-corrected chi connectivity index (χ2v) is 7.83. The van der Waals surface area contributed by atoms with Gasteiger partial charge in [-0.2, -0.15) is 0 Å². The van der Waals surface area contributed by atoms with E-state index in [0.29, 0.717) is 11.3 Å². The van der Waals surface area contributed by atoms with Crippen LogP contribution in [0.5, 0.6) is 5.75 Å². The Morgan fingerprint density at radius 3 is 1.86 bits per heavy atom. The van der Waals surface area contributed by atoms with Crippen molar-refractivity contribution in [2.75, 3.05) is 24.7 Å². The number of aliphatic hydroxyl groups excluding tert-OH is 1. The molecule has 0 aliphatic rings. The van der Waals surface area contributed by atoms with E-state index in [0.717, 1.165) is 34.8 Å². The molecule has 7 nitrogen and oxygen atoms in total. The number of ether oxygens (including phenoxy) is 3. The summed E-state index contributed by atoms with van der Waals surface area (Å²) in [6, 6.07) is 23.1. The zero-order chi connectivity index (χ0) is 25.9. The van der Waals surface area contributed by atoms with Crippen LogP contribution in [-0.4, -0.2) is 36.9 Å². The van der Waals surface area contributed by atoms with Gasteiger partial charge in [-0.05, 0) is 61.0 Å². The molecule has 1 atom stereocenters. The van der Waals surface area contributed by atoms with E-state index in [9.17, 15) is 14.7 Å². The van der Waals surface area contributed by atoms with Crippen LogP contribution in [0.4, 0.5) is 17.1 Å². The Labute approximate surface area is 210 Å². The quantitative estimate of drug-likeness (QED) is 0.210. The molecule has 0 radical (unpaired) electrons. The Bertz CT molecular complexity index is 1170. The standard InChI is InChI=1S/C29H29NO6/c1-4-28(32)35-19-18-34-26-16-14-25(15-17-26)30(23-10-6-21(3)7-11-23)24-12-8-22(9-13-24)27(31)20-36-29(33)5-2/h4-17,27,31H,1-2,18-20H2,3H3. The summed E-state index contributed by atoms with van der Waals surface area (Å²) < 4.78 is 15.5. The third-order valence-corrected chi connectivity index (χ3v) is 5.24. The van der Waals surface area contributed by atoms with Gasteiger partial charge in [0, 0.05) is 29.2 Å². The molecule has 1 N–H and O–H groups in total. The lowest BCUT2D eigenvalue weighted by Gasteiger charge is -2.26. The van der Waals surface area contributed by atoms with E-state index in [4.69, 9.17) is 14.2 Å². The topological polar surface area (TPSA) is 85.3 Å². The van der Waals surface area contributed by atoms with Gasteiger partial charge in [-0.25, -0.2) is 9.59 Å². The minimum absolute atomic E-state index is 0.132. The largest absolute Gasteiger partial charge is 0.490 e. The monoisotopic (exact) mass is 487 g/mol. The van der Waals surface area contributed by atoms with Crippen molar-refractivity contribution in [1.82, 2.24) is 0 Å². The van der Waals surface area contributed by atoms with Crippen molar-refractivity contribution < 1.29 is 28.9 Å². The Kier molecular flexibility index (Phi) is 9.42. The van der Waals surface area contributed by atoms with Crippen LogP contribution in [0.1, 0.15) is 17.2 Å². The number of nitrogens with zero attached hydrogens (tertiary/aromatic N) is 1. The highest BCUT2D eigenvalue weighted by Crippen LogP contribution is 2.36. The van der Waals surface area contributed by atoms with Crippen molar-refractivity contribution in [3.63, 3.8) is 0 Å². The van der Waals surface area contributed by atoms with Crippen LogP contribution >= 0.6 is 0 Å². The molecule has 0 bridgehead atoms. The number of aryl methyl sites for hydroxylation is 1. The number of anilines is 3. The maximum atomic E-state index is 11.3. The SMILES string of the molecule is C=CC(=O)OCCOc1ccc(N(c2ccc(C)cc2)c2ccc(C(O)COC(=O)C=C)cc2)cc1. The van der Waals surface area contributed by atoms with Gasteiger partial charge < -0.3 is 24.2 Å². The van der Waals surface area contributed by atoms with Crippen LogP contribution in [0.2, 0.25) is 0 Å². The summed E-state index contributed by atoms with van der Waals surface area (Å²) in [6.45, 7) is 8.94. The molecule has 3 aromatic rings. The molecule has 7 heteroatoms. The molecule has 0 aliphatic heterocycles. The number of esters is 2. The first-order valence-corrected chi connectivity index (χ1v) is 11.4. The van der Waals surface area contributed by atoms with Gasteiger partial charge in [-0.15, -0.1) is 0 Å². The van der Waals surface area contributed by atoms with Gasteiger partial charge in [0.15, 0.2) is 0 Å². The molecule has 0 saturated heterocycles. The van der Waals surface area contributed by atoms with Crippen molar-refractivity contribution in [2.24, 2.45) is 0 Å². The van der Waals surface area contributed by atoms with Gasteiger partial charge >= 0.3 is 11.9 Å². The van der Waals surface area contributed by atoms with E-state index in [-0.39, 0.29) is 19.8 Å². The summed E-state index contributed by atoms with van der Waals surface area (Å²) >= 11 is 0. The fourth-order valence-electron chi connectivity index (χ4n) is 3.35. The smallest absolute Gasteiger partial charge is 0.330 e. The van der Waals surface area contributed by atoms with Crippen LogP contribution in [-0.2, 0) is 19.1 Å². The molecule has 1 unspecified atom stereocenters. The summed E-state index contributed by atoms with van der Waals surface area (Å²) in [5.41, 5.74) is 4.51. The molecule has 36 heavy (non-hydrogen) atoms. The van der Waals surface area contributed by atoms with Crippen molar-refractivity contribution >= 4 is 29.0 Å². The maximum Gasteiger partial charge on any atom is 0.330 e. The molecule has 186 valence electrons. The molecular weight excluding hydrogens is 458 g/mol. The van der Waals surface area contributed by atoms with Crippen molar-refractivity contribution in [3.8, 4) is 5.75 Å². The number of hydrogen-bond donors (Lipinski definition) is 1. The number of carbonyl (C=O) groups excluding carboxylic acids is 2. The second kappa shape index (κ2) is 12.9.